The van der Waals surface area contributed by atoms with Crippen molar-refractivity contribution in [2.75, 3.05) is 13.2 Å². The fourth-order valence-corrected chi connectivity index (χ4v) is 5.27. The Hall–Kier alpha value is -3.62. The zero-order chi connectivity index (χ0) is 30.3. The van der Waals surface area contributed by atoms with Gasteiger partial charge in [-0.1, -0.05) is 44.0 Å². The van der Waals surface area contributed by atoms with E-state index < -0.39 is 41.8 Å². The highest BCUT2D eigenvalue weighted by atomic mass is 19.3. The van der Waals surface area contributed by atoms with Crippen molar-refractivity contribution in [3.63, 3.8) is 0 Å². The molecule has 0 aromatic heterocycles. The first-order chi connectivity index (χ1) is 20.1. The molecule has 4 rings (SSSR count). The van der Waals surface area contributed by atoms with Crippen molar-refractivity contribution in [2.24, 2.45) is 5.92 Å². The summed E-state index contributed by atoms with van der Waals surface area (Å²) in [4.78, 5) is 0. The lowest BCUT2D eigenvalue weighted by molar-refractivity contribution is -0.195. The number of hydrogen-bond donors (Lipinski definition) is 0. The van der Waals surface area contributed by atoms with Crippen molar-refractivity contribution in [3.8, 4) is 17.2 Å². The third kappa shape index (κ3) is 7.81. The molecule has 0 unspecified atom stereocenters. The monoisotopic (exact) mass is 592 g/mol. The van der Waals surface area contributed by atoms with Gasteiger partial charge in [0.2, 0.25) is 11.6 Å². The van der Waals surface area contributed by atoms with E-state index in [1.807, 2.05) is 12.1 Å². The predicted molar refractivity (Wildman–Crippen MR) is 150 cm³/mol. The smallest absolute Gasteiger partial charge is 0.432 e. The number of alkyl halides is 2. The second kappa shape index (κ2) is 14.0. The fourth-order valence-electron chi connectivity index (χ4n) is 5.27. The first kappa shape index (κ1) is 31.3. The summed E-state index contributed by atoms with van der Waals surface area (Å²) >= 11 is 0. The molecule has 0 bridgehead atoms. The van der Waals surface area contributed by atoms with Gasteiger partial charge in [-0.25, -0.2) is 8.78 Å². The van der Waals surface area contributed by atoms with Crippen LogP contribution in [0.3, 0.4) is 0 Å². The number of ether oxygens (including phenoxy) is 3. The number of rotatable bonds is 12. The van der Waals surface area contributed by atoms with Crippen LogP contribution < -0.4 is 14.2 Å². The minimum absolute atomic E-state index is 0.0814. The summed E-state index contributed by atoms with van der Waals surface area (Å²) in [5.41, 5.74) is 1.03. The molecule has 1 aliphatic carbocycles. The Kier molecular flexibility index (Phi) is 10.5. The molecule has 0 aliphatic heterocycles. The van der Waals surface area contributed by atoms with Gasteiger partial charge in [0.25, 0.3) is 0 Å². The van der Waals surface area contributed by atoms with Gasteiger partial charge in [-0.2, -0.15) is 17.6 Å². The summed E-state index contributed by atoms with van der Waals surface area (Å²) in [6.07, 6.45) is 3.04. The molecule has 0 radical (unpaired) electrons. The zero-order valence-electron chi connectivity index (χ0n) is 23.6. The van der Waals surface area contributed by atoms with Crippen LogP contribution in [-0.4, -0.2) is 19.3 Å². The molecule has 9 heteroatoms. The second-order valence-corrected chi connectivity index (χ2v) is 10.4. The van der Waals surface area contributed by atoms with Gasteiger partial charge in [0, 0.05) is 11.1 Å². The summed E-state index contributed by atoms with van der Waals surface area (Å²) in [6.45, 7) is 2.42. The molecule has 0 amide bonds. The van der Waals surface area contributed by atoms with Crippen LogP contribution in [0.4, 0.5) is 26.3 Å². The molecule has 42 heavy (non-hydrogen) atoms. The highest BCUT2D eigenvalue weighted by molar-refractivity contribution is 5.83. The highest BCUT2D eigenvalue weighted by Crippen LogP contribution is 2.38. The van der Waals surface area contributed by atoms with Gasteiger partial charge in [-0.15, -0.1) is 0 Å². The molecule has 3 aromatic carbocycles. The van der Waals surface area contributed by atoms with Gasteiger partial charge in [0.15, 0.2) is 29.8 Å². The lowest BCUT2D eigenvalue weighted by Gasteiger charge is -2.28. The molecule has 0 atom stereocenters. The quantitative estimate of drug-likeness (QED) is 0.155. The Bertz CT molecular complexity index is 1350. The van der Waals surface area contributed by atoms with Crippen LogP contribution in [0, 0.1) is 17.6 Å². The van der Waals surface area contributed by atoms with E-state index in [-0.39, 0.29) is 29.2 Å². The van der Waals surface area contributed by atoms with Crippen LogP contribution in [0.1, 0.15) is 75.0 Å². The first-order valence-corrected chi connectivity index (χ1v) is 14.2. The number of hydrogen-bond acceptors (Lipinski definition) is 3. The molecular weight excluding hydrogens is 558 g/mol. The van der Waals surface area contributed by atoms with E-state index in [2.05, 4.69) is 11.7 Å². The summed E-state index contributed by atoms with van der Waals surface area (Å²) in [5, 5.41) is 0. The third-order valence-electron chi connectivity index (χ3n) is 7.45. The Morgan fingerprint density at radius 3 is 1.79 bits per heavy atom. The van der Waals surface area contributed by atoms with E-state index in [0.29, 0.717) is 5.92 Å². The van der Waals surface area contributed by atoms with E-state index in [1.165, 1.54) is 25.7 Å². The van der Waals surface area contributed by atoms with Gasteiger partial charge in [-0.05, 0) is 86.4 Å². The summed E-state index contributed by atoms with van der Waals surface area (Å²) < 4.78 is 101. The van der Waals surface area contributed by atoms with E-state index in [0.717, 1.165) is 60.7 Å². The molecule has 0 saturated heterocycles. The molecule has 1 saturated carbocycles. The van der Waals surface area contributed by atoms with Crippen molar-refractivity contribution in [2.45, 2.75) is 64.4 Å². The zero-order valence-corrected chi connectivity index (χ0v) is 23.6. The van der Waals surface area contributed by atoms with Crippen molar-refractivity contribution < 1.29 is 40.6 Å². The van der Waals surface area contributed by atoms with E-state index in [4.69, 9.17) is 9.47 Å². The van der Waals surface area contributed by atoms with Gasteiger partial charge < -0.3 is 14.2 Å². The van der Waals surface area contributed by atoms with Gasteiger partial charge in [-0.3, -0.25) is 0 Å². The Morgan fingerprint density at radius 1 is 0.738 bits per heavy atom. The van der Waals surface area contributed by atoms with Crippen LogP contribution in [0.5, 0.6) is 17.2 Å². The molecule has 1 fully saturated rings. The van der Waals surface area contributed by atoms with Crippen LogP contribution in [-0.2, 0) is 0 Å². The van der Waals surface area contributed by atoms with Crippen molar-refractivity contribution in [1.29, 1.82) is 0 Å². The standard InChI is InChI=1S/C33H34F6O3/c1-3-5-21-6-8-22(9-7-21)23-10-12-24(13-11-23)29(34)30(35)25-14-16-26(17-15-25)42-33(38,39)20-41-28-19-18-27(40-4-2)31(36)32(28)37/h10-19,21-22H,3-9,20H2,1-2H3/b30-29+. The molecular formula is C33H34F6O3. The minimum Gasteiger partial charge on any atom is -0.491 e. The van der Waals surface area contributed by atoms with Crippen LogP contribution in [0.2, 0.25) is 0 Å². The van der Waals surface area contributed by atoms with Crippen LogP contribution in [0.25, 0.3) is 11.7 Å². The van der Waals surface area contributed by atoms with Crippen LogP contribution >= 0.6 is 0 Å². The second-order valence-electron chi connectivity index (χ2n) is 10.4. The van der Waals surface area contributed by atoms with E-state index in [1.54, 1.807) is 19.1 Å². The maximum Gasteiger partial charge on any atom is 0.432 e. The molecule has 1 aliphatic rings. The predicted octanol–water partition coefficient (Wildman–Crippen LogP) is 10.3. The Balaban J connectivity index is 1.36. The fraction of sp³-hybridized carbons (Fsp3) is 0.394. The van der Waals surface area contributed by atoms with E-state index in [9.17, 15) is 26.3 Å². The SMILES string of the molecule is CCCC1CCC(c2ccc(/C(F)=C(\F)c3ccc(OC(F)(F)COc4ccc(OCC)c(F)c4F)cc3)cc2)CC1. The third-order valence-corrected chi connectivity index (χ3v) is 7.45. The lowest BCUT2D eigenvalue weighted by atomic mass is 9.77. The minimum atomic E-state index is -3.94. The maximum absolute atomic E-state index is 15.0. The molecule has 3 aromatic rings. The molecule has 226 valence electrons. The van der Waals surface area contributed by atoms with Gasteiger partial charge in [0.1, 0.15) is 5.75 Å². The summed E-state index contributed by atoms with van der Waals surface area (Å²) in [6, 6.07) is 13.1. The largest absolute Gasteiger partial charge is 0.491 e. The molecule has 0 N–H and O–H groups in total. The van der Waals surface area contributed by atoms with Crippen LogP contribution in [0.15, 0.2) is 60.7 Å². The summed E-state index contributed by atoms with van der Waals surface area (Å²) in [5.74, 6) is -5.34. The average molecular weight is 593 g/mol. The Morgan fingerprint density at radius 2 is 1.26 bits per heavy atom. The van der Waals surface area contributed by atoms with Crippen molar-refractivity contribution >= 4 is 11.7 Å². The molecule has 3 nitrogen and oxygen atoms in total. The summed E-state index contributed by atoms with van der Waals surface area (Å²) in [7, 11) is 0. The first-order valence-electron chi connectivity index (χ1n) is 14.2. The number of halogens is 6. The lowest BCUT2D eigenvalue weighted by Crippen LogP contribution is -2.32. The molecule has 0 spiro atoms. The normalized spacial score (nSPS) is 17.9. The highest BCUT2D eigenvalue weighted by Gasteiger charge is 2.34. The van der Waals surface area contributed by atoms with Crippen molar-refractivity contribution in [3.05, 3.63) is 89.0 Å². The number of benzene rings is 3. The van der Waals surface area contributed by atoms with Gasteiger partial charge >= 0.3 is 6.11 Å². The Labute approximate surface area is 242 Å². The maximum atomic E-state index is 15.0. The average Bonchev–Trinajstić information content (AvgIpc) is 2.99. The van der Waals surface area contributed by atoms with E-state index >= 15 is 0 Å². The molecule has 0 heterocycles. The van der Waals surface area contributed by atoms with Gasteiger partial charge in [0.05, 0.1) is 6.61 Å². The van der Waals surface area contributed by atoms with Crippen molar-refractivity contribution in [1.82, 2.24) is 0 Å². The topological polar surface area (TPSA) is 27.7 Å².